The molecule has 1 saturated heterocycles. The van der Waals surface area contributed by atoms with Crippen LogP contribution in [0.25, 0.3) is 0 Å². The fourth-order valence-corrected chi connectivity index (χ4v) is 3.37. The molecule has 1 aliphatic rings. The summed E-state index contributed by atoms with van der Waals surface area (Å²) in [5.74, 6) is -2.57. The number of ether oxygens (including phenoxy) is 4. The van der Waals surface area contributed by atoms with Crippen LogP contribution in [0.5, 0.6) is 5.75 Å². The zero-order chi connectivity index (χ0) is 24.9. The summed E-state index contributed by atoms with van der Waals surface area (Å²) >= 11 is 0. The van der Waals surface area contributed by atoms with E-state index in [0.717, 1.165) is 0 Å². The van der Waals surface area contributed by atoms with Gasteiger partial charge >= 0.3 is 17.9 Å². The number of aromatic amines is 2. The van der Waals surface area contributed by atoms with Gasteiger partial charge in [-0.1, -0.05) is 0 Å². The van der Waals surface area contributed by atoms with Gasteiger partial charge in [0.2, 0.25) is 6.29 Å². The monoisotopic (exact) mass is 486 g/mol. The third-order valence-corrected chi connectivity index (χ3v) is 5.23. The summed E-state index contributed by atoms with van der Waals surface area (Å²) in [7, 11) is 0. The van der Waals surface area contributed by atoms with Gasteiger partial charge in [0.05, 0.1) is 5.56 Å². The smallest absolute Gasteiger partial charge is 0.357 e. The van der Waals surface area contributed by atoms with E-state index in [9.17, 15) is 29.7 Å². The van der Waals surface area contributed by atoms with Crippen LogP contribution < -0.4 is 0 Å². The number of phenols is 1. The van der Waals surface area contributed by atoms with Gasteiger partial charge in [0, 0.05) is 12.4 Å². The lowest BCUT2D eigenvalue weighted by molar-refractivity contribution is -0.284. The molecule has 5 atom stereocenters. The van der Waals surface area contributed by atoms with Crippen molar-refractivity contribution in [3.8, 4) is 5.75 Å². The van der Waals surface area contributed by atoms with Crippen molar-refractivity contribution in [2.75, 3.05) is 6.61 Å². The molecule has 0 saturated carbocycles. The number of H-pyrrole nitrogens is 2. The van der Waals surface area contributed by atoms with E-state index in [1.165, 1.54) is 48.8 Å². The molecule has 184 valence electrons. The molecule has 3 heterocycles. The van der Waals surface area contributed by atoms with Crippen LogP contribution >= 0.6 is 0 Å². The third kappa shape index (κ3) is 5.51. The van der Waals surface area contributed by atoms with Crippen LogP contribution in [-0.2, 0) is 18.9 Å². The Morgan fingerprint density at radius 2 is 1.43 bits per heavy atom. The van der Waals surface area contributed by atoms with Gasteiger partial charge in [0.15, 0.2) is 6.10 Å². The first-order valence-electron chi connectivity index (χ1n) is 10.5. The van der Waals surface area contributed by atoms with Crippen molar-refractivity contribution in [2.45, 2.75) is 30.7 Å². The van der Waals surface area contributed by atoms with E-state index < -0.39 is 55.2 Å². The maximum absolute atomic E-state index is 12.5. The number of carbonyl (C=O) groups is 3. The standard InChI is InChI=1S/C23H22N2O10/c26-13-7-5-12(6-8-13)20(29)32-11-16-17(27)18(28)19(34-21(30)14-3-1-9-24-14)23(33-16)35-22(31)15-4-2-10-25-15/h1-10,16-19,23-28H,11H2. The number of benzene rings is 1. The minimum Gasteiger partial charge on any atom is -0.508 e. The van der Waals surface area contributed by atoms with Gasteiger partial charge in [-0.15, -0.1) is 0 Å². The van der Waals surface area contributed by atoms with E-state index in [4.69, 9.17) is 18.9 Å². The highest BCUT2D eigenvalue weighted by Crippen LogP contribution is 2.27. The quantitative estimate of drug-likeness (QED) is 0.236. The Morgan fingerprint density at radius 3 is 2.00 bits per heavy atom. The van der Waals surface area contributed by atoms with Crippen LogP contribution in [0.2, 0.25) is 0 Å². The average Bonchev–Trinajstić information content (AvgIpc) is 3.57. The Morgan fingerprint density at radius 1 is 0.829 bits per heavy atom. The number of aliphatic hydroxyl groups excluding tert-OH is 2. The molecule has 0 aliphatic carbocycles. The van der Waals surface area contributed by atoms with Crippen LogP contribution in [0.1, 0.15) is 31.3 Å². The van der Waals surface area contributed by atoms with Crippen LogP contribution in [0.4, 0.5) is 0 Å². The number of phenolic OH excluding ortho intramolecular Hbond substituents is 1. The highest BCUT2D eigenvalue weighted by Gasteiger charge is 2.49. The summed E-state index contributed by atoms with van der Waals surface area (Å²) < 4.78 is 21.3. The molecule has 1 aromatic carbocycles. The second-order valence-electron chi connectivity index (χ2n) is 7.61. The van der Waals surface area contributed by atoms with E-state index in [1.54, 1.807) is 12.1 Å². The Hall–Kier alpha value is -4.13. The number of aliphatic hydroxyl groups is 2. The van der Waals surface area contributed by atoms with Crippen LogP contribution in [-0.4, -0.2) is 80.5 Å². The Kier molecular flexibility index (Phi) is 7.15. The number of hydrogen-bond donors (Lipinski definition) is 5. The number of carbonyl (C=O) groups excluding carboxylic acids is 3. The largest absolute Gasteiger partial charge is 0.508 e. The molecule has 5 unspecified atom stereocenters. The number of rotatable bonds is 7. The van der Waals surface area contributed by atoms with E-state index in [2.05, 4.69) is 9.97 Å². The molecule has 3 aromatic rings. The van der Waals surface area contributed by atoms with E-state index in [0.29, 0.717) is 0 Å². The second-order valence-corrected chi connectivity index (χ2v) is 7.61. The Balaban J connectivity index is 1.48. The highest BCUT2D eigenvalue weighted by molar-refractivity contribution is 5.89. The number of aromatic nitrogens is 2. The van der Waals surface area contributed by atoms with Gasteiger partial charge < -0.3 is 44.2 Å². The molecule has 0 spiro atoms. The van der Waals surface area contributed by atoms with Gasteiger partial charge in [0.25, 0.3) is 0 Å². The van der Waals surface area contributed by atoms with Gasteiger partial charge in [-0.05, 0) is 48.5 Å². The van der Waals surface area contributed by atoms with Crippen molar-refractivity contribution in [2.24, 2.45) is 0 Å². The van der Waals surface area contributed by atoms with E-state index >= 15 is 0 Å². The molecule has 2 aromatic heterocycles. The first-order chi connectivity index (χ1) is 16.8. The maximum atomic E-state index is 12.5. The van der Waals surface area contributed by atoms with Gasteiger partial charge in [-0.2, -0.15) is 0 Å². The minimum absolute atomic E-state index is 0.0395. The van der Waals surface area contributed by atoms with Crippen molar-refractivity contribution >= 4 is 17.9 Å². The third-order valence-electron chi connectivity index (χ3n) is 5.23. The van der Waals surface area contributed by atoms with Gasteiger partial charge in [-0.3, -0.25) is 0 Å². The summed E-state index contributed by atoms with van der Waals surface area (Å²) in [6, 6.07) is 11.2. The molecule has 0 bridgehead atoms. The normalized spacial score (nSPS) is 23.9. The molecule has 4 rings (SSSR count). The van der Waals surface area contributed by atoms with Crippen molar-refractivity contribution in [1.82, 2.24) is 9.97 Å². The number of aromatic hydroxyl groups is 1. The lowest BCUT2D eigenvalue weighted by atomic mass is 9.99. The van der Waals surface area contributed by atoms with Gasteiger partial charge in [-0.25, -0.2) is 14.4 Å². The van der Waals surface area contributed by atoms with Crippen LogP contribution in [0.15, 0.2) is 60.9 Å². The van der Waals surface area contributed by atoms with Crippen molar-refractivity contribution in [3.05, 3.63) is 77.9 Å². The molecule has 1 fully saturated rings. The summed E-state index contributed by atoms with van der Waals surface area (Å²) in [4.78, 5) is 42.5. The lowest BCUT2D eigenvalue weighted by Gasteiger charge is -2.40. The molecule has 5 N–H and O–H groups in total. The molecule has 12 heteroatoms. The SMILES string of the molecule is O=C(OCC1OC(OC(=O)c2ccc[nH]2)C(OC(=O)c2ccc[nH]2)C(O)C1O)c1ccc(O)cc1. The number of hydrogen-bond acceptors (Lipinski definition) is 10. The number of nitrogens with one attached hydrogen (secondary N) is 2. The highest BCUT2D eigenvalue weighted by atomic mass is 16.7. The van der Waals surface area contributed by atoms with Crippen LogP contribution in [0.3, 0.4) is 0 Å². The average molecular weight is 486 g/mol. The molecule has 12 nitrogen and oxygen atoms in total. The zero-order valence-electron chi connectivity index (χ0n) is 18.1. The van der Waals surface area contributed by atoms with Crippen molar-refractivity contribution in [1.29, 1.82) is 0 Å². The summed E-state index contributed by atoms with van der Waals surface area (Å²) in [5, 5.41) is 30.6. The lowest BCUT2D eigenvalue weighted by Crippen LogP contribution is -2.61. The minimum atomic E-state index is -1.75. The molecular formula is C23H22N2O10. The molecule has 0 amide bonds. The Bertz CT molecular complexity index is 1140. The zero-order valence-corrected chi connectivity index (χ0v) is 18.1. The van der Waals surface area contributed by atoms with E-state index in [1.807, 2.05) is 0 Å². The second kappa shape index (κ2) is 10.4. The fourth-order valence-electron chi connectivity index (χ4n) is 3.37. The first kappa shape index (κ1) is 24.0. The maximum Gasteiger partial charge on any atom is 0.357 e. The van der Waals surface area contributed by atoms with E-state index in [-0.39, 0.29) is 22.7 Å². The predicted molar refractivity (Wildman–Crippen MR) is 115 cm³/mol. The summed E-state index contributed by atoms with van der Waals surface area (Å²) in [6.45, 7) is -0.522. The van der Waals surface area contributed by atoms with Gasteiger partial charge in [0.1, 0.15) is 42.1 Å². The fraction of sp³-hybridized carbons (Fsp3) is 0.261. The molecule has 35 heavy (non-hydrogen) atoms. The molecule has 1 aliphatic heterocycles. The molecule has 0 radical (unpaired) electrons. The van der Waals surface area contributed by atoms with Crippen molar-refractivity contribution < 1.29 is 48.7 Å². The topological polar surface area (TPSA) is 180 Å². The predicted octanol–water partition coefficient (Wildman–Crippen LogP) is 0.734. The Labute approximate surface area is 198 Å². The molecular weight excluding hydrogens is 464 g/mol. The summed E-state index contributed by atoms with van der Waals surface area (Å²) in [5.41, 5.74) is 0.256. The van der Waals surface area contributed by atoms with Crippen molar-refractivity contribution in [3.63, 3.8) is 0 Å². The number of esters is 3. The van der Waals surface area contributed by atoms with Crippen LogP contribution in [0, 0.1) is 0 Å². The summed E-state index contributed by atoms with van der Waals surface area (Å²) in [6.07, 6.45) is -4.99. The first-order valence-corrected chi connectivity index (χ1v) is 10.5.